The summed E-state index contributed by atoms with van der Waals surface area (Å²) in [4.78, 5) is 21.9. The van der Waals surface area contributed by atoms with Gasteiger partial charge < -0.3 is 9.84 Å². The minimum atomic E-state index is -1.23. The Balaban J connectivity index is 2.60. The van der Waals surface area contributed by atoms with Crippen LogP contribution in [0.4, 0.5) is 0 Å². The largest absolute Gasteiger partial charge is 0.478 e. The average Bonchev–Trinajstić information content (AvgIpc) is 2.45. The second-order valence-electron chi connectivity index (χ2n) is 2.83. The van der Waals surface area contributed by atoms with E-state index in [1.807, 2.05) is 0 Å². The lowest BCUT2D eigenvalue weighted by Crippen LogP contribution is -2.10. The second kappa shape index (κ2) is 2.99. The molecule has 2 rings (SSSR count). The van der Waals surface area contributed by atoms with E-state index in [0.717, 1.165) is 0 Å². The molecule has 4 nitrogen and oxygen atoms in total. The normalized spacial score (nSPS) is 18.9. The quantitative estimate of drug-likeness (QED) is 0.719. The first-order valence-corrected chi connectivity index (χ1v) is 4.21. The zero-order valence-electron chi connectivity index (χ0n) is 6.86. The molecule has 1 aromatic rings. The third kappa shape index (κ3) is 1.15. The molecular weight excluding hydrogens is 208 g/mol. The van der Waals surface area contributed by atoms with Crippen molar-refractivity contribution in [2.45, 2.75) is 6.10 Å². The van der Waals surface area contributed by atoms with Crippen LogP contribution in [0.2, 0.25) is 5.02 Å². The number of hydrogen-bond acceptors (Lipinski definition) is 3. The maximum Gasteiger partial charge on any atom is 0.349 e. The van der Waals surface area contributed by atoms with Crippen molar-refractivity contribution in [3.63, 3.8) is 0 Å². The lowest BCUT2D eigenvalue weighted by Gasteiger charge is -2.02. The summed E-state index contributed by atoms with van der Waals surface area (Å²) in [7, 11) is 0. The average molecular weight is 213 g/mol. The van der Waals surface area contributed by atoms with Crippen molar-refractivity contribution in [1.29, 1.82) is 0 Å². The number of cyclic esters (lactones) is 1. The van der Waals surface area contributed by atoms with Crippen molar-refractivity contribution in [3.05, 3.63) is 34.3 Å². The van der Waals surface area contributed by atoms with Gasteiger partial charge in [0.1, 0.15) is 0 Å². The van der Waals surface area contributed by atoms with Crippen molar-refractivity contribution in [3.8, 4) is 0 Å². The standard InChI is InChI=1S/C9H5ClO4/c10-5-3-1-2-4-6(5)9(13)14-7(4)8(11)12/h1-3,7H,(H,11,12). The van der Waals surface area contributed by atoms with E-state index in [4.69, 9.17) is 16.7 Å². The summed E-state index contributed by atoms with van der Waals surface area (Å²) in [5.41, 5.74) is 0.469. The van der Waals surface area contributed by atoms with Crippen molar-refractivity contribution in [2.24, 2.45) is 0 Å². The molecule has 1 atom stereocenters. The minimum absolute atomic E-state index is 0.154. The van der Waals surface area contributed by atoms with Crippen molar-refractivity contribution in [1.82, 2.24) is 0 Å². The van der Waals surface area contributed by atoms with Crippen LogP contribution in [0.3, 0.4) is 0 Å². The number of carbonyl (C=O) groups excluding carboxylic acids is 1. The summed E-state index contributed by atoms with van der Waals surface area (Å²) in [6.07, 6.45) is -1.23. The molecule has 0 amide bonds. The number of fused-ring (bicyclic) bond motifs is 1. The summed E-state index contributed by atoms with van der Waals surface area (Å²) < 4.78 is 4.65. The predicted octanol–water partition coefficient (Wildman–Crippen LogP) is 1.64. The number of aliphatic carboxylic acids is 1. The fourth-order valence-electron chi connectivity index (χ4n) is 1.39. The number of hydrogen-bond donors (Lipinski definition) is 1. The first-order valence-electron chi connectivity index (χ1n) is 3.83. The Morgan fingerprint density at radius 3 is 2.86 bits per heavy atom. The van der Waals surface area contributed by atoms with Gasteiger partial charge in [-0.2, -0.15) is 0 Å². The smallest absolute Gasteiger partial charge is 0.349 e. The molecule has 0 aliphatic carbocycles. The summed E-state index contributed by atoms with van der Waals surface area (Å²) >= 11 is 5.74. The van der Waals surface area contributed by atoms with Crippen LogP contribution in [-0.2, 0) is 9.53 Å². The van der Waals surface area contributed by atoms with Crippen LogP contribution >= 0.6 is 11.6 Å². The van der Waals surface area contributed by atoms with Crippen LogP contribution in [0, 0.1) is 0 Å². The van der Waals surface area contributed by atoms with Crippen molar-refractivity contribution < 1.29 is 19.4 Å². The van der Waals surface area contributed by atoms with Crippen LogP contribution in [0.25, 0.3) is 0 Å². The molecule has 72 valence electrons. The molecule has 1 N–H and O–H groups in total. The zero-order chi connectivity index (χ0) is 10.3. The fraction of sp³-hybridized carbons (Fsp3) is 0.111. The lowest BCUT2D eigenvalue weighted by molar-refractivity contribution is -0.146. The van der Waals surface area contributed by atoms with Gasteiger partial charge >= 0.3 is 11.9 Å². The van der Waals surface area contributed by atoms with Gasteiger partial charge in [-0.15, -0.1) is 0 Å². The number of rotatable bonds is 1. The van der Waals surface area contributed by atoms with E-state index in [-0.39, 0.29) is 10.6 Å². The van der Waals surface area contributed by atoms with Gasteiger partial charge in [-0.1, -0.05) is 23.7 Å². The molecule has 1 aliphatic rings. The maximum absolute atomic E-state index is 11.2. The van der Waals surface area contributed by atoms with Gasteiger partial charge in [0.2, 0.25) is 6.10 Å². The Kier molecular flexibility index (Phi) is 1.93. The topological polar surface area (TPSA) is 63.6 Å². The molecule has 0 saturated carbocycles. The number of carboxylic acids is 1. The van der Waals surface area contributed by atoms with E-state index in [1.165, 1.54) is 12.1 Å². The van der Waals surface area contributed by atoms with Gasteiger partial charge in [0.05, 0.1) is 10.6 Å². The zero-order valence-corrected chi connectivity index (χ0v) is 7.62. The number of esters is 1. The maximum atomic E-state index is 11.2. The molecule has 1 aliphatic heterocycles. The Morgan fingerprint density at radius 1 is 1.50 bits per heavy atom. The van der Waals surface area contributed by atoms with Crippen LogP contribution in [0.15, 0.2) is 18.2 Å². The highest BCUT2D eigenvalue weighted by atomic mass is 35.5. The molecule has 0 radical (unpaired) electrons. The Hall–Kier alpha value is -1.55. The molecule has 1 heterocycles. The van der Waals surface area contributed by atoms with Crippen LogP contribution in [-0.4, -0.2) is 17.0 Å². The van der Waals surface area contributed by atoms with Gasteiger partial charge in [0, 0.05) is 5.56 Å². The van der Waals surface area contributed by atoms with Crippen molar-refractivity contribution in [2.75, 3.05) is 0 Å². The molecule has 0 fully saturated rings. The summed E-state index contributed by atoms with van der Waals surface area (Å²) in [6.45, 7) is 0. The number of ether oxygens (including phenoxy) is 1. The Bertz CT molecular complexity index is 427. The molecule has 0 spiro atoms. The van der Waals surface area contributed by atoms with Gasteiger partial charge in [-0.3, -0.25) is 0 Å². The highest BCUT2D eigenvalue weighted by molar-refractivity contribution is 6.34. The monoisotopic (exact) mass is 212 g/mol. The van der Waals surface area contributed by atoms with E-state index in [0.29, 0.717) is 5.56 Å². The third-order valence-corrected chi connectivity index (χ3v) is 2.30. The SMILES string of the molecule is O=C1OC(C(=O)O)c2cccc(Cl)c21. The van der Waals surface area contributed by atoms with E-state index in [2.05, 4.69) is 4.74 Å². The van der Waals surface area contributed by atoms with Crippen molar-refractivity contribution >= 4 is 23.5 Å². The fourth-order valence-corrected chi connectivity index (χ4v) is 1.65. The van der Waals surface area contributed by atoms with Gasteiger partial charge in [0.25, 0.3) is 0 Å². The molecule has 1 unspecified atom stereocenters. The lowest BCUT2D eigenvalue weighted by atomic mass is 10.1. The molecule has 1 aromatic carbocycles. The van der Waals surface area contributed by atoms with E-state index in [1.54, 1.807) is 6.07 Å². The minimum Gasteiger partial charge on any atom is -0.478 e. The first kappa shape index (κ1) is 9.02. The summed E-state index contributed by atoms with van der Waals surface area (Å²) in [5.74, 6) is -1.88. The summed E-state index contributed by atoms with van der Waals surface area (Å²) in [5, 5.41) is 8.97. The van der Waals surface area contributed by atoms with E-state index < -0.39 is 18.0 Å². The number of benzene rings is 1. The van der Waals surface area contributed by atoms with E-state index >= 15 is 0 Å². The molecule has 0 aromatic heterocycles. The predicted molar refractivity (Wildman–Crippen MR) is 47.2 cm³/mol. The first-order chi connectivity index (χ1) is 6.61. The molecule has 0 bridgehead atoms. The second-order valence-corrected chi connectivity index (χ2v) is 3.23. The van der Waals surface area contributed by atoms with Gasteiger partial charge in [0.15, 0.2) is 0 Å². The van der Waals surface area contributed by atoms with Crippen LogP contribution < -0.4 is 0 Å². The number of halogens is 1. The van der Waals surface area contributed by atoms with Gasteiger partial charge in [-0.25, -0.2) is 9.59 Å². The van der Waals surface area contributed by atoms with Crippen LogP contribution in [0.1, 0.15) is 22.0 Å². The third-order valence-electron chi connectivity index (χ3n) is 1.98. The summed E-state index contributed by atoms with van der Waals surface area (Å²) in [6, 6.07) is 4.62. The number of carbonyl (C=O) groups is 2. The Morgan fingerprint density at radius 2 is 2.21 bits per heavy atom. The Labute approximate surface area is 84.1 Å². The molecule has 14 heavy (non-hydrogen) atoms. The molecule has 5 heteroatoms. The molecular formula is C9H5ClO4. The highest BCUT2D eigenvalue weighted by Crippen LogP contribution is 2.34. The highest BCUT2D eigenvalue weighted by Gasteiger charge is 2.37. The van der Waals surface area contributed by atoms with Gasteiger partial charge in [-0.05, 0) is 6.07 Å². The van der Waals surface area contributed by atoms with E-state index in [9.17, 15) is 9.59 Å². The van der Waals surface area contributed by atoms with Crippen LogP contribution in [0.5, 0.6) is 0 Å². The molecule has 0 saturated heterocycles. The number of carboxylic acid groups (broad SMARTS) is 1.